The maximum atomic E-state index is 13.0. The van der Waals surface area contributed by atoms with Gasteiger partial charge in [-0.1, -0.05) is 6.07 Å². The summed E-state index contributed by atoms with van der Waals surface area (Å²) in [6, 6.07) is 4.86. The number of fused-ring (bicyclic) bond motifs is 1. The fourth-order valence-corrected chi connectivity index (χ4v) is 2.03. The average molecular weight is 222 g/mol. The van der Waals surface area contributed by atoms with Gasteiger partial charge < -0.3 is 5.73 Å². The zero-order valence-corrected chi connectivity index (χ0v) is 9.08. The fraction of sp³-hybridized carbons (Fsp3) is 0.417. The molecule has 0 bridgehead atoms. The normalized spacial score (nSPS) is 15.9. The largest absolute Gasteiger partial charge is 0.324 e. The van der Waals surface area contributed by atoms with Gasteiger partial charge >= 0.3 is 0 Å². The first-order valence-corrected chi connectivity index (χ1v) is 5.40. The Morgan fingerprint density at radius 2 is 2.25 bits per heavy atom. The van der Waals surface area contributed by atoms with Crippen molar-refractivity contribution in [2.75, 3.05) is 19.6 Å². The molecule has 3 nitrogen and oxygen atoms in total. The number of carbonyl (C=O) groups excluding carboxylic acids is 1. The van der Waals surface area contributed by atoms with E-state index in [9.17, 15) is 9.18 Å². The lowest BCUT2D eigenvalue weighted by molar-refractivity contribution is -0.119. The number of benzene rings is 1. The molecule has 1 aromatic rings. The van der Waals surface area contributed by atoms with E-state index in [0.29, 0.717) is 13.1 Å². The molecule has 1 aromatic carbocycles. The van der Waals surface area contributed by atoms with Crippen LogP contribution in [-0.2, 0) is 17.8 Å². The van der Waals surface area contributed by atoms with Crippen LogP contribution in [-0.4, -0.2) is 30.3 Å². The summed E-state index contributed by atoms with van der Waals surface area (Å²) in [5, 5.41) is 0. The highest BCUT2D eigenvalue weighted by Crippen LogP contribution is 2.19. The Labute approximate surface area is 94.0 Å². The summed E-state index contributed by atoms with van der Waals surface area (Å²) in [7, 11) is 0. The molecule has 2 rings (SSSR count). The number of hydrogen-bond donors (Lipinski definition) is 1. The smallest absolute Gasteiger partial charge is 0.160 e. The Morgan fingerprint density at radius 1 is 1.44 bits per heavy atom. The lowest BCUT2D eigenvalue weighted by atomic mass is 9.99. The highest BCUT2D eigenvalue weighted by molar-refractivity contribution is 5.82. The Kier molecular flexibility index (Phi) is 3.31. The molecule has 4 heteroatoms. The first kappa shape index (κ1) is 11.2. The van der Waals surface area contributed by atoms with Crippen molar-refractivity contribution in [2.45, 2.75) is 13.0 Å². The van der Waals surface area contributed by atoms with Gasteiger partial charge in [-0.2, -0.15) is 0 Å². The number of nitrogens with two attached hydrogens (primary N) is 1. The zero-order chi connectivity index (χ0) is 11.5. The van der Waals surface area contributed by atoms with Crippen molar-refractivity contribution in [2.24, 2.45) is 5.73 Å². The molecule has 2 N–H and O–H groups in total. The number of Topliss-reactive ketones (excluding diaryl/α,β-unsaturated/α-hetero) is 1. The van der Waals surface area contributed by atoms with Crippen LogP contribution < -0.4 is 5.73 Å². The van der Waals surface area contributed by atoms with Gasteiger partial charge in [0.2, 0.25) is 0 Å². The molecule has 0 aromatic heterocycles. The first-order valence-electron chi connectivity index (χ1n) is 5.40. The van der Waals surface area contributed by atoms with Crippen LogP contribution in [0.3, 0.4) is 0 Å². The van der Waals surface area contributed by atoms with E-state index in [0.717, 1.165) is 18.5 Å². The molecule has 0 spiro atoms. The van der Waals surface area contributed by atoms with E-state index in [1.807, 2.05) is 11.0 Å². The molecule has 0 radical (unpaired) electrons. The second-order valence-electron chi connectivity index (χ2n) is 4.12. The highest BCUT2D eigenvalue weighted by Gasteiger charge is 2.18. The molecule has 0 saturated carbocycles. The van der Waals surface area contributed by atoms with Crippen molar-refractivity contribution in [1.29, 1.82) is 0 Å². The molecule has 0 amide bonds. The Balaban J connectivity index is 2.08. The average Bonchev–Trinajstić information content (AvgIpc) is 2.28. The van der Waals surface area contributed by atoms with Gasteiger partial charge in [-0.05, 0) is 29.7 Å². The molecule has 0 fully saturated rings. The lowest BCUT2D eigenvalue weighted by Gasteiger charge is -2.27. The van der Waals surface area contributed by atoms with E-state index in [1.165, 1.54) is 11.6 Å². The molecule has 86 valence electrons. The highest BCUT2D eigenvalue weighted by atomic mass is 19.1. The van der Waals surface area contributed by atoms with Gasteiger partial charge in [-0.25, -0.2) is 4.39 Å². The van der Waals surface area contributed by atoms with Crippen molar-refractivity contribution < 1.29 is 9.18 Å². The topological polar surface area (TPSA) is 46.3 Å². The number of ketones is 1. The third kappa shape index (κ3) is 2.46. The van der Waals surface area contributed by atoms with Crippen LogP contribution in [0.15, 0.2) is 18.2 Å². The van der Waals surface area contributed by atoms with Gasteiger partial charge in [0.25, 0.3) is 0 Å². The molecule has 1 aliphatic heterocycles. The van der Waals surface area contributed by atoms with Gasteiger partial charge in [0, 0.05) is 13.1 Å². The summed E-state index contributed by atoms with van der Waals surface area (Å²) in [6.45, 7) is 1.92. The van der Waals surface area contributed by atoms with Crippen LogP contribution in [0.1, 0.15) is 11.1 Å². The van der Waals surface area contributed by atoms with E-state index in [4.69, 9.17) is 5.73 Å². The predicted molar refractivity (Wildman–Crippen MR) is 59.4 cm³/mol. The van der Waals surface area contributed by atoms with Crippen molar-refractivity contribution >= 4 is 5.78 Å². The second kappa shape index (κ2) is 4.72. The number of halogens is 1. The summed E-state index contributed by atoms with van der Waals surface area (Å²) in [5.74, 6) is -0.189. The van der Waals surface area contributed by atoms with Crippen LogP contribution in [0.25, 0.3) is 0 Å². The van der Waals surface area contributed by atoms with Gasteiger partial charge in [0.05, 0.1) is 13.1 Å². The molecule has 0 saturated heterocycles. The summed E-state index contributed by atoms with van der Waals surface area (Å²) in [4.78, 5) is 13.2. The minimum absolute atomic E-state index is 0.0276. The van der Waals surface area contributed by atoms with E-state index < -0.39 is 0 Å². The number of hydrogen-bond acceptors (Lipinski definition) is 3. The number of nitrogens with zero attached hydrogens (tertiary/aromatic N) is 1. The van der Waals surface area contributed by atoms with Gasteiger partial charge in [0.15, 0.2) is 5.78 Å². The Hall–Kier alpha value is -1.26. The van der Waals surface area contributed by atoms with Crippen molar-refractivity contribution in [3.05, 3.63) is 35.1 Å². The van der Waals surface area contributed by atoms with Gasteiger partial charge in [0.1, 0.15) is 5.82 Å². The van der Waals surface area contributed by atoms with Crippen LogP contribution in [0.4, 0.5) is 4.39 Å². The van der Waals surface area contributed by atoms with Gasteiger partial charge in [-0.3, -0.25) is 9.69 Å². The minimum atomic E-state index is -0.217. The molecule has 0 atom stereocenters. The van der Waals surface area contributed by atoms with Crippen molar-refractivity contribution in [1.82, 2.24) is 4.90 Å². The molecule has 1 heterocycles. The number of carbonyl (C=O) groups is 1. The second-order valence-corrected chi connectivity index (χ2v) is 4.12. The van der Waals surface area contributed by atoms with Crippen LogP contribution >= 0.6 is 0 Å². The SMILES string of the molecule is NCC(=O)CN1CCc2ccc(F)cc2C1. The monoisotopic (exact) mass is 222 g/mol. The fourth-order valence-electron chi connectivity index (χ4n) is 2.03. The van der Waals surface area contributed by atoms with Crippen LogP contribution in [0.2, 0.25) is 0 Å². The first-order chi connectivity index (χ1) is 7.69. The third-order valence-corrected chi connectivity index (χ3v) is 2.89. The quantitative estimate of drug-likeness (QED) is 0.819. The van der Waals surface area contributed by atoms with Crippen molar-refractivity contribution in [3.8, 4) is 0 Å². The molecular weight excluding hydrogens is 207 g/mol. The van der Waals surface area contributed by atoms with Crippen LogP contribution in [0, 0.1) is 5.82 Å². The van der Waals surface area contributed by atoms with E-state index >= 15 is 0 Å². The lowest BCUT2D eigenvalue weighted by Crippen LogP contribution is -2.37. The van der Waals surface area contributed by atoms with E-state index in [2.05, 4.69) is 0 Å². The van der Waals surface area contributed by atoms with E-state index in [1.54, 1.807) is 6.07 Å². The van der Waals surface area contributed by atoms with Crippen molar-refractivity contribution in [3.63, 3.8) is 0 Å². The molecule has 0 aliphatic carbocycles. The molecule has 16 heavy (non-hydrogen) atoms. The maximum Gasteiger partial charge on any atom is 0.160 e. The number of rotatable bonds is 3. The summed E-state index contributed by atoms with van der Waals surface area (Å²) >= 11 is 0. The third-order valence-electron chi connectivity index (χ3n) is 2.89. The summed E-state index contributed by atoms with van der Waals surface area (Å²) < 4.78 is 13.0. The van der Waals surface area contributed by atoms with Gasteiger partial charge in [-0.15, -0.1) is 0 Å². The maximum absolute atomic E-state index is 13.0. The van der Waals surface area contributed by atoms with E-state index in [-0.39, 0.29) is 18.1 Å². The summed E-state index contributed by atoms with van der Waals surface area (Å²) in [6.07, 6.45) is 0.869. The van der Waals surface area contributed by atoms with Crippen LogP contribution in [0.5, 0.6) is 0 Å². The summed E-state index contributed by atoms with van der Waals surface area (Å²) in [5.41, 5.74) is 7.43. The standard InChI is InChI=1S/C12H15FN2O/c13-11-2-1-9-3-4-15(7-10(9)5-11)8-12(16)6-14/h1-2,5H,3-4,6-8,14H2. The molecule has 0 unspecified atom stereocenters. The Morgan fingerprint density at radius 3 is 3.00 bits per heavy atom. The zero-order valence-electron chi connectivity index (χ0n) is 9.08. The minimum Gasteiger partial charge on any atom is -0.324 e. The molecule has 1 aliphatic rings. The Bertz CT molecular complexity index is 406. The predicted octanol–water partition coefficient (Wildman–Crippen LogP) is 0.712. The molecular formula is C12H15FN2O.